The Bertz CT molecular complexity index is 320. The number of hydrogen-bond acceptors (Lipinski definition) is 2. The molecule has 84 valence electrons. The standard InChI is InChI=1S/C12H18FNO/c1-12(2,3)5-4-11(15)9-6-10(13)8-14-7-9/h6-8,11,15H,4-5H2,1-3H3. The number of pyridine rings is 1. The van der Waals surface area contributed by atoms with E-state index in [9.17, 15) is 9.50 Å². The fraction of sp³-hybridized carbons (Fsp3) is 0.583. The van der Waals surface area contributed by atoms with Gasteiger partial charge in [0.05, 0.1) is 12.3 Å². The van der Waals surface area contributed by atoms with Crippen LogP contribution in [0.2, 0.25) is 0 Å². The lowest BCUT2D eigenvalue weighted by molar-refractivity contribution is 0.147. The third-order valence-corrected chi connectivity index (χ3v) is 2.28. The highest BCUT2D eigenvalue weighted by Gasteiger charge is 2.15. The molecule has 1 atom stereocenters. The molecule has 2 nitrogen and oxygen atoms in total. The molecule has 1 rings (SSSR count). The summed E-state index contributed by atoms with van der Waals surface area (Å²) in [6.07, 6.45) is 3.56. The van der Waals surface area contributed by atoms with E-state index >= 15 is 0 Å². The van der Waals surface area contributed by atoms with Gasteiger partial charge >= 0.3 is 0 Å². The van der Waals surface area contributed by atoms with Crippen LogP contribution < -0.4 is 0 Å². The second kappa shape index (κ2) is 4.71. The van der Waals surface area contributed by atoms with Crippen LogP contribution in [0.5, 0.6) is 0 Å². The Morgan fingerprint density at radius 3 is 2.60 bits per heavy atom. The summed E-state index contributed by atoms with van der Waals surface area (Å²) in [7, 11) is 0. The normalized spacial score (nSPS) is 13.9. The summed E-state index contributed by atoms with van der Waals surface area (Å²) in [5.74, 6) is -0.401. The molecule has 1 aromatic heterocycles. The first-order valence-electron chi connectivity index (χ1n) is 5.17. The lowest BCUT2D eigenvalue weighted by Crippen LogP contribution is -2.08. The van der Waals surface area contributed by atoms with E-state index < -0.39 is 11.9 Å². The van der Waals surface area contributed by atoms with Gasteiger partial charge in [-0.15, -0.1) is 0 Å². The zero-order valence-corrected chi connectivity index (χ0v) is 9.50. The zero-order chi connectivity index (χ0) is 11.5. The van der Waals surface area contributed by atoms with Crippen molar-refractivity contribution in [1.82, 2.24) is 4.98 Å². The van der Waals surface area contributed by atoms with Crippen molar-refractivity contribution in [3.63, 3.8) is 0 Å². The second-order valence-electron chi connectivity index (χ2n) is 5.05. The second-order valence-corrected chi connectivity index (χ2v) is 5.05. The average Bonchev–Trinajstić information content (AvgIpc) is 2.13. The molecule has 0 aliphatic heterocycles. The lowest BCUT2D eigenvalue weighted by atomic mass is 9.88. The van der Waals surface area contributed by atoms with Gasteiger partial charge in [-0.2, -0.15) is 0 Å². The predicted molar refractivity (Wildman–Crippen MR) is 57.8 cm³/mol. The van der Waals surface area contributed by atoms with E-state index in [-0.39, 0.29) is 5.41 Å². The average molecular weight is 211 g/mol. The van der Waals surface area contributed by atoms with Crippen molar-refractivity contribution in [2.75, 3.05) is 0 Å². The predicted octanol–water partition coefficient (Wildman–Crippen LogP) is 3.08. The van der Waals surface area contributed by atoms with E-state index in [1.807, 2.05) is 0 Å². The number of hydrogen-bond donors (Lipinski definition) is 1. The van der Waals surface area contributed by atoms with Crippen molar-refractivity contribution in [3.05, 3.63) is 29.8 Å². The molecular formula is C12H18FNO. The Kier molecular flexibility index (Phi) is 3.80. The third-order valence-electron chi connectivity index (χ3n) is 2.28. The number of aromatic nitrogens is 1. The number of aliphatic hydroxyl groups excluding tert-OH is 1. The Labute approximate surface area is 90.2 Å². The fourth-order valence-electron chi connectivity index (χ4n) is 1.35. The van der Waals surface area contributed by atoms with Crippen LogP contribution >= 0.6 is 0 Å². The van der Waals surface area contributed by atoms with Gasteiger partial charge < -0.3 is 5.11 Å². The number of rotatable bonds is 3. The lowest BCUT2D eigenvalue weighted by Gasteiger charge is -2.20. The van der Waals surface area contributed by atoms with Gasteiger partial charge in [-0.05, 0) is 24.3 Å². The first-order chi connectivity index (χ1) is 6.88. The molecule has 0 fully saturated rings. The Hall–Kier alpha value is -0.960. The molecule has 0 aliphatic rings. The highest BCUT2D eigenvalue weighted by Crippen LogP contribution is 2.27. The highest BCUT2D eigenvalue weighted by molar-refractivity contribution is 5.13. The molecule has 0 amide bonds. The van der Waals surface area contributed by atoms with Gasteiger partial charge in [0, 0.05) is 11.8 Å². The molecule has 1 heterocycles. The molecule has 1 N–H and O–H groups in total. The van der Waals surface area contributed by atoms with Crippen LogP contribution in [-0.2, 0) is 0 Å². The van der Waals surface area contributed by atoms with Crippen molar-refractivity contribution in [1.29, 1.82) is 0 Å². The van der Waals surface area contributed by atoms with Gasteiger partial charge in [0.1, 0.15) is 5.82 Å². The maximum Gasteiger partial charge on any atom is 0.141 e. The van der Waals surface area contributed by atoms with Crippen LogP contribution in [0.1, 0.15) is 45.3 Å². The van der Waals surface area contributed by atoms with Crippen molar-refractivity contribution in [3.8, 4) is 0 Å². The SMILES string of the molecule is CC(C)(C)CCC(O)c1cncc(F)c1. The van der Waals surface area contributed by atoms with Gasteiger partial charge in [0.15, 0.2) is 0 Å². The van der Waals surface area contributed by atoms with E-state index in [1.54, 1.807) is 0 Å². The van der Waals surface area contributed by atoms with E-state index in [2.05, 4.69) is 25.8 Å². The van der Waals surface area contributed by atoms with Crippen LogP contribution in [0.4, 0.5) is 4.39 Å². The molecule has 0 aliphatic carbocycles. The van der Waals surface area contributed by atoms with Crippen LogP contribution in [-0.4, -0.2) is 10.1 Å². The van der Waals surface area contributed by atoms with Crippen molar-refractivity contribution in [2.45, 2.75) is 39.7 Å². The summed E-state index contributed by atoms with van der Waals surface area (Å²) in [6.45, 7) is 6.34. The topological polar surface area (TPSA) is 33.1 Å². The van der Waals surface area contributed by atoms with Gasteiger partial charge in [0.25, 0.3) is 0 Å². The Morgan fingerprint density at radius 2 is 2.07 bits per heavy atom. The van der Waals surface area contributed by atoms with E-state index in [0.717, 1.165) is 12.6 Å². The smallest absolute Gasteiger partial charge is 0.141 e. The van der Waals surface area contributed by atoms with Gasteiger partial charge in [-0.3, -0.25) is 4.98 Å². The third kappa shape index (κ3) is 4.38. The summed E-state index contributed by atoms with van der Waals surface area (Å²) in [5.41, 5.74) is 0.737. The molecule has 1 unspecified atom stereocenters. The molecule has 1 aromatic rings. The van der Waals surface area contributed by atoms with Crippen LogP contribution in [0.3, 0.4) is 0 Å². The van der Waals surface area contributed by atoms with E-state index in [1.165, 1.54) is 12.3 Å². The Balaban J connectivity index is 2.58. The zero-order valence-electron chi connectivity index (χ0n) is 9.50. The molecule has 0 radical (unpaired) electrons. The number of aliphatic hydroxyl groups is 1. The first kappa shape index (κ1) is 12.1. The molecule has 15 heavy (non-hydrogen) atoms. The van der Waals surface area contributed by atoms with E-state index in [4.69, 9.17) is 0 Å². The van der Waals surface area contributed by atoms with Crippen molar-refractivity contribution >= 4 is 0 Å². The quantitative estimate of drug-likeness (QED) is 0.833. The highest BCUT2D eigenvalue weighted by atomic mass is 19.1. The molecule has 3 heteroatoms. The molecule has 0 spiro atoms. The Morgan fingerprint density at radius 1 is 1.40 bits per heavy atom. The van der Waals surface area contributed by atoms with Crippen LogP contribution in [0.25, 0.3) is 0 Å². The summed E-state index contributed by atoms with van der Waals surface area (Å²) in [4.78, 5) is 3.71. The van der Waals surface area contributed by atoms with Gasteiger partial charge in [-0.25, -0.2) is 4.39 Å². The minimum absolute atomic E-state index is 0.182. The van der Waals surface area contributed by atoms with Crippen molar-refractivity contribution < 1.29 is 9.50 Å². The minimum Gasteiger partial charge on any atom is -0.388 e. The molecule has 0 saturated carbocycles. The molecular weight excluding hydrogens is 193 g/mol. The largest absolute Gasteiger partial charge is 0.388 e. The van der Waals surface area contributed by atoms with Gasteiger partial charge in [0.2, 0.25) is 0 Å². The molecule has 0 saturated heterocycles. The summed E-state index contributed by atoms with van der Waals surface area (Å²) in [5, 5.41) is 9.80. The summed E-state index contributed by atoms with van der Waals surface area (Å²) in [6, 6.07) is 1.33. The number of halogens is 1. The van der Waals surface area contributed by atoms with E-state index in [0.29, 0.717) is 12.0 Å². The molecule has 0 aromatic carbocycles. The van der Waals surface area contributed by atoms with Crippen molar-refractivity contribution in [2.24, 2.45) is 5.41 Å². The molecule has 0 bridgehead atoms. The minimum atomic E-state index is -0.618. The number of nitrogens with zero attached hydrogens (tertiary/aromatic N) is 1. The summed E-state index contributed by atoms with van der Waals surface area (Å²) < 4.78 is 12.8. The van der Waals surface area contributed by atoms with Crippen LogP contribution in [0, 0.1) is 11.2 Å². The summed E-state index contributed by atoms with van der Waals surface area (Å²) >= 11 is 0. The maximum absolute atomic E-state index is 12.8. The maximum atomic E-state index is 12.8. The first-order valence-corrected chi connectivity index (χ1v) is 5.17. The fourth-order valence-corrected chi connectivity index (χ4v) is 1.35. The van der Waals surface area contributed by atoms with Crippen LogP contribution in [0.15, 0.2) is 18.5 Å². The monoisotopic (exact) mass is 211 g/mol. The van der Waals surface area contributed by atoms with Gasteiger partial charge in [-0.1, -0.05) is 20.8 Å².